The van der Waals surface area contributed by atoms with Gasteiger partial charge < -0.3 is 9.80 Å². The summed E-state index contributed by atoms with van der Waals surface area (Å²) in [4.78, 5) is 23.4. The summed E-state index contributed by atoms with van der Waals surface area (Å²) in [6.07, 6.45) is 3.36. The molecule has 15 heavy (non-hydrogen) atoms. The zero-order chi connectivity index (χ0) is 10.8. The van der Waals surface area contributed by atoms with Gasteiger partial charge in [0.15, 0.2) is 0 Å². The molecule has 1 fully saturated rings. The van der Waals surface area contributed by atoms with Crippen LogP contribution in [0, 0.1) is 0 Å². The summed E-state index contributed by atoms with van der Waals surface area (Å²) in [7, 11) is 0. The molecule has 2 rings (SSSR count). The summed E-state index contributed by atoms with van der Waals surface area (Å²) in [5.41, 5.74) is 0. The summed E-state index contributed by atoms with van der Waals surface area (Å²) < 4.78 is 0.837. The van der Waals surface area contributed by atoms with Crippen molar-refractivity contribution in [1.29, 1.82) is 0 Å². The highest BCUT2D eigenvalue weighted by molar-refractivity contribution is 9.10. The quantitative estimate of drug-likeness (QED) is 0.800. The molecule has 1 aliphatic rings. The third kappa shape index (κ3) is 2.09. The first kappa shape index (κ1) is 10.4. The van der Waals surface area contributed by atoms with Crippen molar-refractivity contribution >= 4 is 27.8 Å². The SMILES string of the molecule is CCN1CN(c2ncc(Br)cn2)CC1=O. The van der Waals surface area contributed by atoms with Gasteiger partial charge in [0.1, 0.15) is 6.54 Å². The van der Waals surface area contributed by atoms with Crippen LogP contribution in [0.15, 0.2) is 16.9 Å². The Kier molecular flexibility index (Phi) is 2.86. The number of anilines is 1. The summed E-state index contributed by atoms with van der Waals surface area (Å²) in [5.74, 6) is 0.728. The topological polar surface area (TPSA) is 49.3 Å². The number of hydrogen-bond donors (Lipinski definition) is 0. The van der Waals surface area contributed by atoms with Crippen LogP contribution in [0.5, 0.6) is 0 Å². The number of nitrogens with zero attached hydrogens (tertiary/aromatic N) is 4. The van der Waals surface area contributed by atoms with E-state index in [1.165, 1.54) is 0 Å². The van der Waals surface area contributed by atoms with Crippen molar-refractivity contribution in [2.75, 3.05) is 24.7 Å². The van der Waals surface area contributed by atoms with Crippen LogP contribution in [0.1, 0.15) is 6.92 Å². The first-order valence-electron chi connectivity index (χ1n) is 4.71. The molecule has 1 saturated heterocycles. The molecule has 1 aliphatic heterocycles. The minimum Gasteiger partial charge on any atom is -0.324 e. The second-order valence-corrected chi connectivity index (χ2v) is 4.21. The molecule has 2 heterocycles. The predicted octanol–water partition coefficient (Wildman–Crippen LogP) is 0.865. The lowest BCUT2D eigenvalue weighted by Gasteiger charge is -2.15. The molecule has 0 spiro atoms. The maximum absolute atomic E-state index is 11.5. The number of carbonyl (C=O) groups is 1. The Morgan fingerprint density at radius 1 is 1.47 bits per heavy atom. The second kappa shape index (κ2) is 4.14. The summed E-state index contributed by atoms with van der Waals surface area (Å²) in [5, 5.41) is 0. The monoisotopic (exact) mass is 270 g/mol. The van der Waals surface area contributed by atoms with Crippen LogP contribution < -0.4 is 4.90 Å². The summed E-state index contributed by atoms with van der Waals surface area (Å²) >= 11 is 3.27. The lowest BCUT2D eigenvalue weighted by molar-refractivity contribution is -0.126. The van der Waals surface area contributed by atoms with E-state index in [9.17, 15) is 4.79 Å². The Balaban J connectivity index is 2.13. The molecule has 0 aliphatic carbocycles. The number of rotatable bonds is 2. The van der Waals surface area contributed by atoms with Crippen LogP contribution in [-0.2, 0) is 4.79 Å². The number of amides is 1. The molecule has 0 atom stereocenters. The van der Waals surface area contributed by atoms with E-state index in [4.69, 9.17) is 0 Å². The van der Waals surface area contributed by atoms with Crippen LogP contribution in [-0.4, -0.2) is 40.5 Å². The predicted molar refractivity (Wildman–Crippen MR) is 59.3 cm³/mol. The normalized spacial score (nSPS) is 16.3. The highest BCUT2D eigenvalue weighted by atomic mass is 79.9. The van der Waals surface area contributed by atoms with E-state index < -0.39 is 0 Å². The molecular formula is C9H11BrN4O. The Hall–Kier alpha value is -1.17. The fraction of sp³-hybridized carbons (Fsp3) is 0.444. The Morgan fingerprint density at radius 3 is 2.67 bits per heavy atom. The van der Waals surface area contributed by atoms with Crippen LogP contribution in [0.25, 0.3) is 0 Å². The minimum absolute atomic E-state index is 0.129. The van der Waals surface area contributed by atoms with Crippen LogP contribution in [0.4, 0.5) is 5.95 Å². The van der Waals surface area contributed by atoms with Gasteiger partial charge >= 0.3 is 0 Å². The van der Waals surface area contributed by atoms with Gasteiger partial charge in [-0.25, -0.2) is 9.97 Å². The Bertz CT molecular complexity index is 367. The molecule has 0 N–H and O–H groups in total. The van der Waals surface area contributed by atoms with Crippen molar-refractivity contribution in [3.63, 3.8) is 0 Å². The maximum atomic E-state index is 11.5. The maximum Gasteiger partial charge on any atom is 0.243 e. The van der Waals surface area contributed by atoms with E-state index in [0.29, 0.717) is 19.2 Å². The molecule has 6 heteroatoms. The molecular weight excluding hydrogens is 260 g/mol. The number of aromatic nitrogens is 2. The van der Waals surface area contributed by atoms with Gasteiger partial charge in [0.25, 0.3) is 0 Å². The third-order valence-corrected chi connectivity index (χ3v) is 2.70. The van der Waals surface area contributed by atoms with E-state index >= 15 is 0 Å². The molecule has 0 unspecified atom stereocenters. The molecule has 0 aromatic carbocycles. The van der Waals surface area contributed by atoms with Gasteiger partial charge in [0.2, 0.25) is 11.9 Å². The molecule has 0 radical (unpaired) electrons. The zero-order valence-electron chi connectivity index (χ0n) is 8.35. The molecule has 1 aromatic heterocycles. The fourth-order valence-electron chi connectivity index (χ4n) is 1.48. The first-order valence-corrected chi connectivity index (χ1v) is 5.50. The lowest BCUT2D eigenvalue weighted by Crippen LogP contribution is -2.27. The van der Waals surface area contributed by atoms with Crippen molar-refractivity contribution < 1.29 is 4.79 Å². The number of carbonyl (C=O) groups excluding carboxylic acids is 1. The average molecular weight is 271 g/mol. The lowest BCUT2D eigenvalue weighted by atomic mass is 10.5. The van der Waals surface area contributed by atoms with Crippen LogP contribution in [0.3, 0.4) is 0 Å². The summed E-state index contributed by atoms with van der Waals surface area (Å²) in [6.45, 7) is 3.64. The van der Waals surface area contributed by atoms with Gasteiger partial charge in [-0.05, 0) is 22.9 Å². The van der Waals surface area contributed by atoms with Gasteiger partial charge in [-0.1, -0.05) is 0 Å². The van der Waals surface area contributed by atoms with E-state index in [1.807, 2.05) is 11.8 Å². The van der Waals surface area contributed by atoms with E-state index in [1.54, 1.807) is 17.3 Å². The van der Waals surface area contributed by atoms with Gasteiger partial charge in [-0.15, -0.1) is 0 Å². The van der Waals surface area contributed by atoms with Gasteiger partial charge in [0.05, 0.1) is 11.1 Å². The van der Waals surface area contributed by atoms with Crippen LogP contribution >= 0.6 is 15.9 Å². The van der Waals surface area contributed by atoms with Crippen molar-refractivity contribution in [3.8, 4) is 0 Å². The molecule has 5 nitrogen and oxygen atoms in total. The van der Waals surface area contributed by atoms with Crippen molar-refractivity contribution in [2.45, 2.75) is 6.92 Å². The van der Waals surface area contributed by atoms with Crippen molar-refractivity contribution in [3.05, 3.63) is 16.9 Å². The minimum atomic E-state index is 0.129. The van der Waals surface area contributed by atoms with Gasteiger partial charge in [-0.2, -0.15) is 0 Å². The number of hydrogen-bond acceptors (Lipinski definition) is 4. The molecule has 1 aromatic rings. The molecule has 1 amide bonds. The smallest absolute Gasteiger partial charge is 0.243 e. The summed E-state index contributed by atoms with van der Waals surface area (Å²) in [6, 6.07) is 0. The number of halogens is 1. The highest BCUT2D eigenvalue weighted by Crippen LogP contribution is 2.15. The second-order valence-electron chi connectivity index (χ2n) is 3.29. The van der Waals surface area contributed by atoms with Gasteiger partial charge in [-0.3, -0.25) is 4.79 Å². The van der Waals surface area contributed by atoms with Crippen molar-refractivity contribution in [1.82, 2.24) is 14.9 Å². The fourth-order valence-corrected chi connectivity index (χ4v) is 1.68. The van der Waals surface area contributed by atoms with Gasteiger partial charge in [0, 0.05) is 18.9 Å². The van der Waals surface area contributed by atoms with Crippen molar-refractivity contribution in [2.24, 2.45) is 0 Å². The highest BCUT2D eigenvalue weighted by Gasteiger charge is 2.27. The largest absolute Gasteiger partial charge is 0.324 e. The van der Waals surface area contributed by atoms with E-state index in [-0.39, 0.29) is 5.91 Å². The Labute approximate surface area is 96.2 Å². The zero-order valence-corrected chi connectivity index (χ0v) is 9.94. The number of likely N-dealkylation sites (N-methyl/N-ethyl adjacent to an activating group) is 1. The molecule has 0 saturated carbocycles. The Morgan fingerprint density at radius 2 is 2.13 bits per heavy atom. The van der Waals surface area contributed by atoms with Crippen LogP contribution in [0.2, 0.25) is 0 Å². The molecule has 0 bridgehead atoms. The third-order valence-electron chi connectivity index (χ3n) is 2.29. The van der Waals surface area contributed by atoms with E-state index in [0.717, 1.165) is 11.0 Å². The van der Waals surface area contributed by atoms with E-state index in [2.05, 4.69) is 25.9 Å². The molecule has 80 valence electrons. The first-order chi connectivity index (χ1) is 7.20. The average Bonchev–Trinajstić information content (AvgIpc) is 2.61. The standard InChI is InChI=1S/C9H11BrN4O/c1-2-13-6-14(5-8(13)15)9-11-3-7(10)4-12-9/h3-4H,2,5-6H2,1H3.